The van der Waals surface area contributed by atoms with Crippen LogP contribution in [0.1, 0.15) is 29.5 Å². The fourth-order valence-corrected chi connectivity index (χ4v) is 2.05. The van der Waals surface area contributed by atoms with Gasteiger partial charge in [-0.25, -0.2) is 5.90 Å². The van der Waals surface area contributed by atoms with Gasteiger partial charge in [-0.1, -0.05) is 30.4 Å². The summed E-state index contributed by atoms with van der Waals surface area (Å²) in [7, 11) is 0. The van der Waals surface area contributed by atoms with Crippen molar-refractivity contribution in [3.05, 3.63) is 41.0 Å². The van der Waals surface area contributed by atoms with Gasteiger partial charge in [-0.05, 0) is 42.4 Å². The summed E-state index contributed by atoms with van der Waals surface area (Å²) in [5, 5.41) is 0. The quantitative estimate of drug-likeness (QED) is 0.602. The SMILES string of the molecule is NOCC/C=C/c1ccc2c(c1)CCC2. The Labute approximate surface area is 90.7 Å². The predicted molar refractivity (Wildman–Crippen MR) is 62.3 cm³/mol. The second kappa shape index (κ2) is 5.10. The molecule has 15 heavy (non-hydrogen) atoms. The first-order valence-electron chi connectivity index (χ1n) is 5.50. The largest absolute Gasteiger partial charge is 0.304 e. The zero-order chi connectivity index (χ0) is 10.5. The van der Waals surface area contributed by atoms with E-state index in [-0.39, 0.29) is 0 Å². The van der Waals surface area contributed by atoms with Gasteiger partial charge in [0, 0.05) is 0 Å². The lowest BCUT2D eigenvalue weighted by atomic mass is 10.1. The maximum atomic E-state index is 4.95. The molecule has 0 fully saturated rings. The molecule has 2 heteroatoms. The molecule has 0 unspecified atom stereocenters. The zero-order valence-corrected chi connectivity index (χ0v) is 8.91. The van der Waals surface area contributed by atoms with Gasteiger partial charge in [0.1, 0.15) is 0 Å². The second-order valence-electron chi connectivity index (χ2n) is 3.94. The Morgan fingerprint density at radius 1 is 1.27 bits per heavy atom. The van der Waals surface area contributed by atoms with E-state index in [0.29, 0.717) is 6.61 Å². The second-order valence-corrected chi connectivity index (χ2v) is 3.94. The number of rotatable bonds is 4. The average molecular weight is 203 g/mol. The summed E-state index contributed by atoms with van der Waals surface area (Å²) in [5.74, 6) is 4.95. The van der Waals surface area contributed by atoms with Crippen LogP contribution in [0.25, 0.3) is 6.08 Å². The first kappa shape index (κ1) is 10.4. The van der Waals surface area contributed by atoms with Crippen LogP contribution in [0.15, 0.2) is 24.3 Å². The molecule has 0 saturated heterocycles. The Kier molecular flexibility index (Phi) is 3.54. The summed E-state index contributed by atoms with van der Waals surface area (Å²) < 4.78 is 0. The zero-order valence-electron chi connectivity index (χ0n) is 8.91. The fourth-order valence-electron chi connectivity index (χ4n) is 2.05. The van der Waals surface area contributed by atoms with Crippen LogP contribution in [0.4, 0.5) is 0 Å². The van der Waals surface area contributed by atoms with Crippen LogP contribution in [0.3, 0.4) is 0 Å². The van der Waals surface area contributed by atoms with E-state index in [1.54, 1.807) is 0 Å². The minimum atomic E-state index is 0.585. The van der Waals surface area contributed by atoms with Gasteiger partial charge >= 0.3 is 0 Å². The predicted octanol–water partition coefficient (Wildman–Crippen LogP) is 2.47. The molecule has 1 aliphatic rings. The smallest absolute Gasteiger partial charge is 0.0713 e. The van der Waals surface area contributed by atoms with Crippen molar-refractivity contribution in [3.63, 3.8) is 0 Å². The molecule has 0 saturated carbocycles. The number of nitrogens with two attached hydrogens (primary N) is 1. The lowest BCUT2D eigenvalue weighted by Gasteiger charge is -2.00. The van der Waals surface area contributed by atoms with Gasteiger partial charge in [0.15, 0.2) is 0 Å². The van der Waals surface area contributed by atoms with E-state index in [4.69, 9.17) is 5.90 Å². The van der Waals surface area contributed by atoms with Crippen LogP contribution in [-0.4, -0.2) is 6.61 Å². The lowest BCUT2D eigenvalue weighted by molar-refractivity contribution is 0.143. The van der Waals surface area contributed by atoms with E-state index in [1.165, 1.54) is 36.0 Å². The molecular weight excluding hydrogens is 186 g/mol. The maximum Gasteiger partial charge on any atom is 0.0713 e. The summed E-state index contributed by atoms with van der Waals surface area (Å²) >= 11 is 0. The van der Waals surface area contributed by atoms with E-state index in [0.717, 1.165) is 6.42 Å². The molecule has 2 N–H and O–H groups in total. The third kappa shape index (κ3) is 2.67. The summed E-state index contributed by atoms with van der Waals surface area (Å²) in [6.45, 7) is 0.585. The molecule has 0 heterocycles. The molecule has 0 aromatic heterocycles. The molecule has 2 nitrogen and oxygen atoms in total. The average Bonchev–Trinajstić information content (AvgIpc) is 2.71. The molecule has 1 aromatic carbocycles. The van der Waals surface area contributed by atoms with Gasteiger partial charge in [-0.2, -0.15) is 0 Å². The van der Waals surface area contributed by atoms with Gasteiger partial charge in [-0.15, -0.1) is 0 Å². The molecule has 1 aliphatic carbocycles. The number of aryl methyl sites for hydroxylation is 2. The third-order valence-corrected chi connectivity index (χ3v) is 2.84. The molecule has 0 aliphatic heterocycles. The molecule has 0 bridgehead atoms. The van der Waals surface area contributed by atoms with Crippen molar-refractivity contribution < 1.29 is 4.84 Å². The lowest BCUT2D eigenvalue weighted by Crippen LogP contribution is -1.98. The number of hydrogen-bond donors (Lipinski definition) is 1. The molecule has 80 valence electrons. The summed E-state index contributed by atoms with van der Waals surface area (Å²) in [6.07, 6.45) is 8.90. The maximum absolute atomic E-state index is 4.95. The van der Waals surface area contributed by atoms with Crippen LogP contribution in [0.5, 0.6) is 0 Å². The summed E-state index contributed by atoms with van der Waals surface area (Å²) in [6, 6.07) is 6.73. The summed E-state index contributed by atoms with van der Waals surface area (Å²) in [4.78, 5) is 4.50. The van der Waals surface area contributed by atoms with Gasteiger partial charge in [0.25, 0.3) is 0 Å². The van der Waals surface area contributed by atoms with Crippen LogP contribution in [0.2, 0.25) is 0 Å². The highest BCUT2D eigenvalue weighted by atomic mass is 16.6. The van der Waals surface area contributed by atoms with Crippen molar-refractivity contribution in [2.75, 3.05) is 6.61 Å². The van der Waals surface area contributed by atoms with Gasteiger partial charge in [0.2, 0.25) is 0 Å². The van der Waals surface area contributed by atoms with Crippen LogP contribution < -0.4 is 5.90 Å². The Bertz CT molecular complexity index is 358. The molecule has 0 amide bonds. The van der Waals surface area contributed by atoms with E-state index >= 15 is 0 Å². The Morgan fingerprint density at radius 3 is 3.00 bits per heavy atom. The molecule has 0 spiro atoms. The molecule has 0 atom stereocenters. The summed E-state index contributed by atoms with van der Waals surface area (Å²) in [5.41, 5.74) is 4.33. The Hall–Kier alpha value is -1.12. The van der Waals surface area contributed by atoms with Gasteiger partial charge < -0.3 is 4.84 Å². The molecule has 0 radical (unpaired) electrons. The monoisotopic (exact) mass is 203 g/mol. The van der Waals surface area contributed by atoms with Crippen molar-refractivity contribution in [1.29, 1.82) is 0 Å². The van der Waals surface area contributed by atoms with Gasteiger partial charge in [-0.3, -0.25) is 0 Å². The fraction of sp³-hybridized carbons (Fsp3) is 0.385. The van der Waals surface area contributed by atoms with Crippen LogP contribution in [-0.2, 0) is 17.7 Å². The van der Waals surface area contributed by atoms with Crippen LogP contribution >= 0.6 is 0 Å². The molecule has 2 rings (SSSR count). The minimum Gasteiger partial charge on any atom is -0.304 e. The minimum absolute atomic E-state index is 0.585. The van der Waals surface area contributed by atoms with Crippen LogP contribution in [0, 0.1) is 0 Å². The first-order valence-corrected chi connectivity index (χ1v) is 5.50. The van der Waals surface area contributed by atoms with Gasteiger partial charge in [0.05, 0.1) is 6.61 Å². The molecular formula is C13H17NO. The van der Waals surface area contributed by atoms with Crippen molar-refractivity contribution in [3.8, 4) is 0 Å². The highest BCUT2D eigenvalue weighted by molar-refractivity contribution is 5.52. The number of fused-ring (bicyclic) bond motifs is 1. The first-order chi connectivity index (χ1) is 7.40. The highest BCUT2D eigenvalue weighted by Crippen LogP contribution is 2.23. The van der Waals surface area contributed by atoms with E-state index in [2.05, 4.69) is 35.2 Å². The van der Waals surface area contributed by atoms with Crippen molar-refractivity contribution in [1.82, 2.24) is 0 Å². The number of benzene rings is 1. The van der Waals surface area contributed by atoms with Crippen molar-refractivity contribution >= 4 is 6.08 Å². The van der Waals surface area contributed by atoms with E-state index in [9.17, 15) is 0 Å². The third-order valence-electron chi connectivity index (χ3n) is 2.84. The molecule has 1 aromatic rings. The topological polar surface area (TPSA) is 35.2 Å². The Balaban J connectivity index is 2.00. The van der Waals surface area contributed by atoms with E-state index in [1.807, 2.05) is 0 Å². The Morgan fingerprint density at radius 2 is 2.13 bits per heavy atom. The number of hydrogen-bond acceptors (Lipinski definition) is 2. The highest BCUT2D eigenvalue weighted by Gasteiger charge is 2.09. The van der Waals surface area contributed by atoms with Crippen molar-refractivity contribution in [2.45, 2.75) is 25.7 Å². The van der Waals surface area contributed by atoms with Crippen molar-refractivity contribution in [2.24, 2.45) is 5.90 Å². The van der Waals surface area contributed by atoms with E-state index < -0.39 is 0 Å². The standard InChI is InChI=1S/C13H17NO/c14-15-9-2-1-4-11-7-8-12-5-3-6-13(12)10-11/h1,4,7-8,10H,2-3,5-6,9,14H2/b4-1+. The normalized spacial score (nSPS) is 14.7.